The van der Waals surface area contributed by atoms with Crippen molar-refractivity contribution >= 4 is 0 Å². The topological polar surface area (TPSA) is 40.2 Å². The number of rotatable bonds is 10. The minimum atomic E-state index is 0.475. The van der Waals surface area contributed by atoms with Crippen LogP contribution in [0.4, 0.5) is 0 Å². The summed E-state index contributed by atoms with van der Waals surface area (Å²) in [5.41, 5.74) is 2.23. The van der Waals surface area contributed by atoms with Gasteiger partial charge in [0.25, 0.3) is 0 Å². The summed E-state index contributed by atoms with van der Waals surface area (Å²) < 4.78 is 23.6. The molecule has 1 aliphatic rings. The molecule has 5 nitrogen and oxygen atoms in total. The Labute approximate surface area is 184 Å². The SMILES string of the molecule is c1ccc(COc2ccc(OCCN3CCOCC3)c(OCc3ccccc3)c2)cc1. The fraction of sp³-hybridized carbons (Fsp3) is 0.308. The standard InChI is InChI=1S/C26H29NO4/c1-3-7-22(8-4-1)20-30-24-11-12-25(29-18-15-27-13-16-28-17-14-27)26(19-24)31-21-23-9-5-2-6-10-23/h1-12,19H,13-18,20-21H2. The molecule has 1 fully saturated rings. The molecular formula is C26H29NO4. The van der Waals surface area contributed by atoms with Crippen molar-refractivity contribution in [2.45, 2.75) is 13.2 Å². The van der Waals surface area contributed by atoms with Crippen LogP contribution in [0.2, 0.25) is 0 Å². The average molecular weight is 420 g/mol. The van der Waals surface area contributed by atoms with Crippen molar-refractivity contribution in [2.75, 3.05) is 39.5 Å². The molecule has 4 rings (SSSR count). The molecular weight excluding hydrogens is 390 g/mol. The van der Waals surface area contributed by atoms with Crippen molar-refractivity contribution in [3.05, 3.63) is 90.0 Å². The zero-order chi connectivity index (χ0) is 21.1. The van der Waals surface area contributed by atoms with Gasteiger partial charge >= 0.3 is 0 Å². The summed E-state index contributed by atoms with van der Waals surface area (Å²) in [6.45, 7) is 5.94. The molecule has 0 N–H and O–H groups in total. The summed E-state index contributed by atoms with van der Waals surface area (Å²) in [5, 5.41) is 0. The van der Waals surface area contributed by atoms with Crippen LogP contribution in [0.3, 0.4) is 0 Å². The Morgan fingerprint density at radius 2 is 1.32 bits per heavy atom. The van der Waals surface area contributed by atoms with E-state index in [1.54, 1.807) is 0 Å². The lowest BCUT2D eigenvalue weighted by atomic mass is 10.2. The molecule has 0 spiro atoms. The third-order valence-corrected chi connectivity index (χ3v) is 5.17. The molecule has 5 heteroatoms. The van der Waals surface area contributed by atoms with Gasteiger partial charge in [-0.3, -0.25) is 4.90 Å². The summed E-state index contributed by atoms with van der Waals surface area (Å²) in [6, 6.07) is 26.0. The molecule has 1 aliphatic heterocycles. The molecule has 0 radical (unpaired) electrons. The number of ether oxygens (including phenoxy) is 4. The van der Waals surface area contributed by atoms with Crippen molar-refractivity contribution in [3.8, 4) is 17.2 Å². The quantitative estimate of drug-likeness (QED) is 0.482. The highest BCUT2D eigenvalue weighted by Crippen LogP contribution is 2.32. The third-order valence-electron chi connectivity index (χ3n) is 5.17. The highest BCUT2D eigenvalue weighted by atomic mass is 16.5. The first-order chi connectivity index (χ1) is 15.4. The summed E-state index contributed by atoms with van der Waals surface area (Å²) in [6.07, 6.45) is 0. The Balaban J connectivity index is 1.40. The number of hydrogen-bond donors (Lipinski definition) is 0. The lowest BCUT2D eigenvalue weighted by Crippen LogP contribution is -2.38. The van der Waals surface area contributed by atoms with Crippen LogP contribution in [0.1, 0.15) is 11.1 Å². The normalized spacial score (nSPS) is 14.2. The van der Waals surface area contributed by atoms with Crippen molar-refractivity contribution in [1.82, 2.24) is 4.90 Å². The molecule has 0 atom stereocenters. The largest absolute Gasteiger partial charge is 0.489 e. The molecule has 0 amide bonds. The van der Waals surface area contributed by atoms with Gasteiger partial charge in [-0.2, -0.15) is 0 Å². The van der Waals surface area contributed by atoms with Gasteiger partial charge in [0.15, 0.2) is 11.5 Å². The first-order valence-electron chi connectivity index (χ1n) is 10.8. The zero-order valence-electron chi connectivity index (χ0n) is 17.7. The summed E-state index contributed by atoms with van der Waals surface area (Å²) in [4.78, 5) is 2.35. The first-order valence-corrected chi connectivity index (χ1v) is 10.8. The summed E-state index contributed by atoms with van der Waals surface area (Å²) in [5.74, 6) is 2.18. The van der Waals surface area contributed by atoms with Crippen LogP contribution in [-0.4, -0.2) is 44.4 Å². The van der Waals surface area contributed by atoms with Gasteiger partial charge in [0.2, 0.25) is 0 Å². The maximum Gasteiger partial charge on any atom is 0.165 e. The van der Waals surface area contributed by atoms with Crippen LogP contribution in [-0.2, 0) is 18.0 Å². The van der Waals surface area contributed by atoms with Gasteiger partial charge in [-0.1, -0.05) is 60.7 Å². The van der Waals surface area contributed by atoms with Gasteiger partial charge in [-0.25, -0.2) is 0 Å². The molecule has 1 heterocycles. The predicted octanol–water partition coefficient (Wildman–Crippen LogP) is 4.56. The first kappa shape index (κ1) is 21.2. The lowest BCUT2D eigenvalue weighted by molar-refractivity contribution is 0.0320. The van der Waals surface area contributed by atoms with Gasteiger partial charge in [-0.05, 0) is 23.3 Å². The van der Waals surface area contributed by atoms with Gasteiger partial charge in [0.1, 0.15) is 25.6 Å². The molecule has 3 aromatic rings. The number of morpholine rings is 1. The second-order valence-electron chi connectivity index (χ2n) is 7.46. The highest BCUT2D eigenvalue weighted by molar-refractivity contribution is 5.45. The fourth-order valence-electron chi connectivity index (χ4n) is 3.40. The van der Waals surface area contributed by atoms with Crippen molar-refractivity contribution in [1.29, 1.82) is 0 Å². The van der Waals surface area contributed by atoms with Gasteiger partial charge in [-0.15, -0.1) is 0 Å². The van der Waals surface area contributed by atoms with E-state index in [4.69, 9.17) is 18.9 Å². The maximum atomic E-state index is 6.12. The molecule has 162 valence electrons. The van der Waals surface area contributed by atoms with Crippen molar-refractivity contribution in [2.24, 2.45) is 0 Å². The average Bonchev–Trinajstić information content (AvgIpc) is 2.84. The highest BCUT2D eigenvalue weighted by Gasteiger charge is 2.12. The lowest BCUT2D eigenvalue weighted by Gasteiger charge is -2.26. The third kappa shape index (κ3) is 6.74. The molecule has 1 saturated heterocycles. The monoisotopic (exact) mass is 419 g/mol. The molecule has 3 aromatic carbocycles. The van der Waals surface area contributed by atoms with E-state index in [2.05, 4.69) is 29.2 Å². The van der Waals surface area contributed by atoms with Crippen LogP contribution in [0.25, 0.3) is 0 Å². The Hall–Kier alpha value is -3.02. The fourth-order valence-corrected chi connectivity index (χ4v) is 3.40. The Bertz CT molecular complexity index is 911. The van der Waals surface area contributed by atoms with Crippen LogP contribution < -0.4 is 14.2 Å². The number of hydrogen-bond acceptors (Lipinski definition) is 5. The number of nitrogens with zero attached hydrogens (tertiary/aromatic N) is 1. The Morgan fingerprint density at radius 3 is 2.00 bits per heavy atom. The van der Waals surface area contributed by atoms with E-state index in [-0.39, 0.29) is 0 Å². The van der Waals surface area contributed by atoms with Crippen LogP contribution in [0.5, 0.6) is 17.2 Å². The number of benzene rings is 3. The molecule has 0 unspecified atom stereocenters. The van der Waals surface area contributed by atoms with Gasteiger partial charge in [0, 0.05) is 25.7 Å². The molecule has 0 aliphatic carbocycles. The molecule has 0 aromatic heterocycles. The smallest absolute Gasteiger partial charge is 0.165 e. The minimum Gasteiger partial charge on any atom is -0.489 e. The van der Waals surface area contributed by atoms with E-state index < -0.39 is 0 Å². The molecule has 0 saturated carbocycles. The summed E-state index contributed by atoms with van der Waals surface area (Å²) >= 11 is 0. The van der Waals surface area contributed by atoms with E-state index in [1.165, 1.54) is 0 Å². The Morgan fingerprint density at radius 1 is 0.677 bits per heavy atom. The minimum absolute atomic E-state index is 0.475. The van der Waals surface area contributed by atoms with E-state index >= 15 is 0 Å². The van der Waals surface area contributed by atoms with E-state index in [1.807, 2.05) is 54.6 Å². The van der Waals surface area contributed by atoms with Crippen LogP contribution in [0, 0.1) is 0 Å². The van der Waals surface area contributed by atoms with Gasteiger partial charge < -0.3 is 18.9 Å². The molecule has 31 heavy (non-hydrogen) atoms. The van der Waals surface area contributed by atoms with E-state index in [9.17, 15) is 0 Å². The molecule has 0 bridgehead atoms. The van der Waals surface area contributed by atoms with Gasteiger partial charge in [0.05, 0.1) is 13.2 Å². The zero-order valence-corrected chi connectivity index (χ0v) is 17.7. The van der Waals surface area contributed by atoms with E-state index in [0.717, 1.165) is 55.5 Å². The predicted molar refractivity (Wildman–Crippen MR) is 121 cm³/mol. The van der Waals surface area contributed by atoms with Crippen molar-refractivity contribution in [3.63, 3.8) is 0 Å². The maximum absolute atomic E-state index is 6.12. The second-order valence-corrected chi connectivity index (χ2v) is 7.46. The van der Waals surface area contributed by atoms with Crippen molar-refractivity contribution < 1.29 is 18.9 Å². The Kier molecular flexibility index (Phi) is 7.80. The summed E-state index contributed by atoms with van der Waals surface area (Å²) in [7, 11) is 0. The van der Waals surface area contributed by atoms with Crippen LogP contribution >= 0.6 is 0 Å². The van der Waals surface area contributed by atoms with E-state index in [0.29, 0.717) is 25.6 Å². The van der Waals surface area contributed by atoms with Crippen LogP contribution in [0.15, 0.2) is 78.9 Å². The second kappa shape index (κ2) is 11.4.